The van der Waals surface area contributed by atoms with Crippen LogP contribution < -0.4 is 0 Å². The molecule has 3 rings (SSSR count). The maximum atomic E-state index is 12.6. The van der Waals surface area contributed by atoms with Crippen LogP contribution in [0.15, 0.2) is 59.1 Å². The number of ketones is 1. The highest BCUT2D eigenvalue weighted by atomic mass is 32.2. The molecule has 0 saturated carbocycles. The van der Waals surface area contributed by atoms with E-state index in [9.17, 15) is 13.2 Å². The minimum absolute atomic E-state index is 0.0478. The highest BCUT2D eigenvalue weighted by Crippen LogP contribution is 2.29. The quantitative estimate of drug-likeness (QED) is 0.793. The van der Waals surface area contributed by atoms with Gasteiger partial charge in [0, 0.05) is 24.3 Å². The monoisotopic (exact) mass is 323 g/mol. The van der Waals surface area contributed by atoms with Crippen molar-refractivity contribution in [2.24, 2.45) is 0 Å². The third-order valence-corrected chi connectivity index (χ3v) is 5.40. The molecule has 0 bridgehead atoms. The van der Waals surface area contributed by atoms with E-state index in [0.717, 1.165) is 4.31 Å². The maximum absolute atomic E-state index is 12.6. The Balaban J connectivity index is 2.10. The summed E-state index contributed by atoms with van der Waals surface area (Å²) < 4.78 is 26.0. The molecule has 0 aromatic heterocycles. The van der Waals surface area contributed by atoms with E-state index in [1.165, 1.54) is 37.4 Å². The van der Waals surface area contributed by atoms with Crippen molar-refractivity contribution in [2.75, 3.05) is 7.05 Å². The summed E-state index contributed by atoms with van der Waals surface area (Å²) in [5.41, 5.74) is 1.04. The van der Waals surface area contributed by atoms with Crippen LogP contribution in [0, 0.1) is 17.4 Å². The number of sulfonamides is 1. The molecule has 0 amide bonds. The molecule has 6 heteroatoms. The summed E-state index contributed by atoms with van der Waals surface area (Å²) in [6, 6.07) is 14.4. The first kappa shape index (κ1) is 15.0. The predicted octanol–water partition coefficient (Wildman–Crippen LogP) is 2.11. The lowest BCUT2D eigenvalue weighted by atomic mass is 10.0. The standard InChI is InChI=1S/C17H11N2O3S/c1-19-15(17(20)13-8-6-12(11-18)7-9-13)10-14-4-2-3-5-16(14)23(19,21)22/h2-9H,1H3. The van der Waals surface area contributed by atoms with Gasteiger partial charge in [-0.25, -0.2) is 8.42 Å². The van der Waals surface area contributed by atoms with Gasteiger partial charge < -0.3 is 0 Å². The summed E-state index contributed by atoms with van der Waals surface area (Å²) in [5, 5.41) is 8.80. The van der Waals surface area contributed by atoms with Crippen LogP contribution in [0.4, 0.5) is 0 Å². The van der Waals surface area contributed by atoms with Crippen molar-refractivity contribution < 1.29 is 13.2 Å². The number of hydrogen-bond acceptors (Lipinski definition) is 4. The van der Waals surface area contributed by atoms with E-state index in [-0.39, 0.29) is 10.6 Å². The molecule has 0 fully saturated rings. The molecule has 2 aromatic rings. The van der Waals surface area contributed by atoms with Gasteiger partial charge in [0.1, 0.15) is 5.70 Å². The fourth-order valence-corrected chi connectivity index (χ4v) is 3.61. The van der Waals surface area contributed by atoms with Gasteiger partial charge in [-0.15, -0.1) is 0 Å². The number of likely N-dealkylation sites (N-methyl/N-ethyl adjacent to an activating group) is 1. The number of hydrogen-bond donors (Lipinski definition) is 0. The number of nitriles is 1. The van der Waals surface area contributed by atoms with Gasteiger partial charge in [-0.2, -0.15) is 5.26 Å². The Hall–Kier alpha value is -2.91. The fraction of sp³-hybridized carbons (Fsp3) is 0.0588. The van der Waals surface area contributed by atoms with Crippen LogP contribution in [0.25, 0.3) is 0 Å². The molecule has 113 valence electrons. The summed E-state index contributed by atoms with van der Waals surface area (Å²) in [4.78, 5) is 12.7. The second kappa shape index (κ2) is 5.38. The van der Waals surface area contributed by atoms with Crippen LogP contribution in [0.1, 0.15) is 21.5 Å². The molecule has 5 nitrogen and oxygen atoms in total. The Kier molecular flexibility index (Phi) is 3.51. The van der Waals surface area contributed by atoms with Gasteiger partial charge >= 0.3 is 0 Å². The molecular weight excluding hydrogens is 312 g/mol. The topological polar surface area (TPSA) is 78.2 Å². The fourth-order valence-electron chi connectivity index (χ4n) is 2.30. The van der Waals surface area contributed by atoms with Crippen LogP contribution in [-0.2, 0) is 10.0 Å². The first-order chi connectivity index (χ1) is 10.9. The Morgan fingerprint density at radius 3 is 2.43 bits per heavy atom. The average Bonchev–Trinajstić information content (AvgIpc) is 2.58. The molecule has 0 unspecified atom stereocenters. The number of allylic oxidation sites excluding steroid dienone is 1. The van der Waals surface area contributed by atoms with Crippen molar-refractivity contribution in [2.45, 2.75) is 4.90 Å². The third kappa shape index (κ3) is 2.41. The Morgan fingerprint density at radius 2 is 1.78 bits per heavy atom. The molecule has 0 aliphatic carbocycles. The maximum Gasteiger partial charge on any atom is 0.264 e. The number of Topliss-reactive ketones (excluding diaryl/α,β-unsaturated/α-hetero) is 1. The number of fused-ring (bicyclic) bond motifs is 1. The van der Waals surface area contributed by atoms with E-state index < -0.39 is 15.8 Å². The molecule has 0 spiro atoms. The van der Waals surface area contributed by atoms with Crippen LogP contribution in [0.5, 0.6) is 0 Å². The van der Waals surface area contributed by atoms with Gasteiger partial charge in [0.25, 0.3) is 10.0 Å². The highest BCUT2D eigenvalue weighted by Gasteiger charge is 2.33. The van der Waals surface area contributed by atoms with E-state index in [2.05, 4.69) is 6.08 Å². The zero-order valence-electron chi connectivity index (χ0n) is 12.1. The molecule has 1 aliphatic heterocycles. The molecule has 1 aliphatic rings. The first-order valence-electron chi connectivity index (χ1n) is 6.72. The van der Waals surface area contributed by atoms with Crippen molar-refractivity contribution in [3.05, 3.63) is 77.0 Å². The summed E-state index contributed by atoms with van der Waals surface area (Å²) in [6.45, 7) is 0. The van der Waals surface area contributed by atoms with Crippen molar-refractivity contribution >= 4 is 15.8 Å². The van der Waals surface area contributed by atoms with Crippen LogP contribution in [0.2, 0.25) is 0 Å². The van der Waals surface area contributed by atoms with E-state index >= 15 is 0 Å². The molecule has 23 heavy (non-hydrogen) atoms. The molecular formula is C17H11N2O3S. The van der Waals surface area contributed by atoms with E-state index in [1.807, 2.05) is 6.07 Å². The second-order valence-corrected chi connectivity index (χ2v) is 6.90. The zero-order valence-corrected chi connectivity index (χ0v) is 13.0. The first-order valence-corrected chi connectivity index (χ1v) is 8.16. The van der Waals surface area contributed by atoms with Crippen molar-refractivity contribution in [1.29, 1.82) is 5.26 Å². The van der Waals surface area contributed by atoms with Gasteiger partial charge in [0.15, 0.2) is 0 Å². The lowest BCUT2D eigenvalue weighted by Gasteiger charge is -2.26. The molecule has 1 radical (unpaired) electrons. The Bertz CT molecular complexity index is 968. The number of carbonyl (C=O) groups is 1. The third-order valence-electron chi connectivity index (χ3n) is 3.58. The van der Waals surface area contributed by atoms with Crippen LogP contribution >= 0.6 is 0 Å². The lowest BCUT2D eigenvalue weighted by molar-refractivity contribution is 0.101. The Morgan fingerprint density at radius 1 is 1.13 bits per heavy atom. The minimum atomic E-state index is -3.78. The number of benzene rings is 2. The summed E-state index contributed by atoms with van der Waals surface area (Å²) in [6.07, 6.45) is 2.88. The van der Waals surface area contributed by atoms with E-state index in [1.54, 1.807) is 18.2 Å². The summed E-state index contributed by atoms with van der Waals surface area (Å²) in [7, 11) is -2.45. The van der Waals surface area contributed by atoms with Crippen LogP contribution in [0.3, 0.4) is 0 Å². The van der Waals surface area contributed by atoms with Gasteiger partial charge in [-0.05, 0) is 30.3 Å². The highest BCUT2D eigenvalue weighted by molar-refractivity contribution is 7.89. The van der Waals surface area contributed by atoms with Gasteiger partial charge in [0.05, 0.1) is 16.5 Å². The molecule has 0 atom stereocenters. The predicted molar refractivity (Wildman–Crippen MR) is 82.7 cm³/mol. The molecule has 1 heterocycles. The second-order valence-electron chi connectivity index (χ2n) is 4.96. The Labute approximate surface area is 134 Å². The van der Waals surface area contributed by atoms with Gasteiger partial charge in [-0.3, -0.25) is 9.10 Å². The molecule has 2 aromatic carbocycles. The molecule has 0 saturated heterocycles. The average molecular weight is 323 g/mol. The van der Waals surface area contributed by atoms with E-state index in [0.29, 0.717) is 16.7 Å². The SMILES string of the molecule is CN1C(C(=O)c2ccc(C#N)cc2)=[C]c2ccccc2S1(=O)=O. The van der Waals surface area contributed by atoms with Crippen molar-refractivity contribution in [1.82, 2.24) is 4.31 Å². The normalized spacial score (nSPS) is 15.3. The minimum Gasteiger partial charge on any atom is -0.287 e. The number of nitrogens with zero attached hydrogens (tertiary/aromatic N) is 2. The lowest BCUT2D eigenvalue weighted by Crippen LogP contribution is -2.33. The van der Waals surface area contributed by atoms with E-state index in [4.69, 9.17) is 5.26 Å². The van der Waals surface area contributed by atoms with Crippen LogP contribution in [-0.4, -0.2) is 25.6 Å². The van der Waals surface area contributed by atoms with Gasteiger partial charge in [-0.1, -0.05) is 18.2 Å². The summed E-state index contributed by atoms with van der Waals surface area (Å²) in [5.74, 6) is -0.463. The van der Waals surface area contributed by atoms with Gasteiger partial charge in [0.2, 0.25) is 5.78 Å². The molecule has 0 N–H and O–H groups in total. The number of carbonyl (C=O) groups excluding carboxylic acids is 1. The number of rotatable bonds is 2. The zero-order chi connectivity index (χ0) is 16.6. The summed E-state index contributed by atoms with van der Waals surface area (Å²) >= 11 is 0. The van der Waals surface area contributed by atoms with Crippen molar-refractivity contribution in [3.8, 4) is 6.07 Å². The largest absolute Gasteiger partial charge is 0.287 e. The smallest absolute Gasteiger partial charge is 0.264 e. The van der Waals surface area contributed by atoms with Crippen molar-refractivity contribution in [3.63, 3.8) is 0 Å².